The monoisotopic (exact) mass is 335 g/mol. The molecule has 0 aliphatic carbocycles. The standard InChI is InChI=1S/C14H17N5O3S/c1-9-11(23-18-17-9)14(20)19-7-3-4-10(8-19)22-13-12(21-2)15-5-6-16-13/h5-6,10H,3-4,7-8H2,1-2H3/t10-/m1/s1. The number of nitrogens with zero attached hydrogens (tertiary/aromatic N) is 5. The summed E-state index contributed by atoms with van der Waals surface area (Å²) in [5, 5.41) is 3.90. The number of hydrogen-bond donors (Lipinski definition) is 0. The summed E-state index contributed by atoms with van der Waals surface area (Å²) in [5.41, 5.74) is 0.665. The number of methoxy groups -OCH3 is 1. The number of aromatic nitrogens is 4. The lowest BCUT2D eigenvalue weighted by atomic mass is 10.1. The fraction of sp³-hybridized carbons (Fsp3) is 0.500. The van der Waals surface area contributed by atoms with E-state index in [0.29, 0.717) is 35.4 Å². The highest BCUT2D eigenvalue weighted by molar-refractivity contribution is 7.07. The van der Waals surface area contributed by atoms with Gasteiger partial charge in [-0.1, -0.05) is 4.49 Å². The first-order chi connectivity index (χ1) is 11.2. The van der Waals surface area contributed by atoms with Crippen LogP contribution in [0.1, 0.15) is 28.2 Å². The van der Waals surface area contributed by atoms with E-state index in [4.69, 9.17) is 9.47 Å². The Balaban J connectivity index is 1.69. The molecule has 122 valence electrons. The highest BCUT2D eigenvalue weighted by Crippen LogP contribution is 2.25. The lowest BCUT2D eigenvalue weighted by Crippen LogP contribution is -2.44. The molecular weight excluding hydrogens is 318 g/mol. The first-order valence-electron chi connectivity index (χ1n) is 7.29. The van der Waals surface area contributed by atoms with Crippen LogP contribution in [-0.4, -0.2) is 56.7 Å². The van der Waals surface area contributed by atoms with E-state index < -0.39 is 0 Å². The zero-order valence-electron chi connectivity index (χ0n) is 12.9. The van der Waals surface area contributed by atoms with Crippen LogP contribution in [0, 0.1) is 6.92 Å². The molecule has 0 spiro atoms. The summed E-state index contributed by atoms with van der Waals surface area (Å²) in [5.74, 6) is 0.653. The minimum absolute atomic E-state index is 0.0445. The number of amides is 1. The molecule has 9 heteroatoms. The Bertz CT molecular complexity index is 693. The fourth-order valence-corrected chi connectivity index (χ4v) is 3.11. The Morgan fingerprint density at radius 2 is 2.13 bits per heavy atom. The summed E-state index contributed by atoms with van der Waals surface area (Å²) in [4.78, 5) is 23.1. The van der Waals surface area contributed by atoms with Gasteiger partial charge in [0.25, 0.3) is 17.7 Å². The second-order valence-electron chi connectivity index (χ2n) is 5.19. The molecule has 0 aromatic carbocycles. The van der Waals surface area contributed by atoms with Gasteiger partial charge >= 0.3 is 0 Å². The van der Waals surface area contributed by atoms with Crippen molar-refractivity contribution >= 4 is 17.4 Å². The van der Waals surface area contributed by atoms with E-state index in [1.807, 2.05) is 0 Å². The molecule has 0 bridgehead atoms. The average Bonchev–Trinajstić information content (AvgIpc) is 3.01. The molecule has 0 saturated carbocycles. The summed E-state index contributed by atoms with van der Waals surface area (Å²) in [7, 11) is 1.52. The third kappa shape index (κ3) is 3.39. The van der Waals surface area contributed by atoms with Crippen LogP contribution < -0.4 is 9.47 Å². The zero-order chi connectivity index (χ0) is 16.2. The van der Waals surface area contributed by atoms with E-state index in [1.165, 1.54) is 7.11 Å². The predicted molar refractivity (Wildman–Crippen MR) is 82.8 cm³/mol. The average molecular weight is 335 g/mol. The van der Waals surface area contributed by atoms with Gasteiger partial charge in [0.05, 0.1) is 19.3 Å². The summed E-state index contributed by atoms with van der Waals surface area (Å²) < 4.78 is 14.9. The van der Waals surface area contributed by atoms with Gasteiger partial charge in [-0.2, -0.15) is 0 Å². The largest absolute Gasteiger partial charge is 0.477 e. The topological polar surface area (TPSA) is 90.3 Å². The Hall–Kier alpha value is -2.29. The molecule has 23 heavy (non-hydrogen) atoms. The van der Waals surface area contributed by atoms with Crippen molar-refractivity contribution in [1.82, 2.24) is 24.5 Å². The van der Waals surface area contributed by atoms with Crippen molar-refractivity contribution in [3.05, 3.63) is 23.0 Å². The number of hydrogen-bond acceptors (Lipinski definition) is 8. The van der Waals surface area contributed by atoms with Crippen LogP contribution >= 0.6 is 11.5 Å². The minimum Gasteiger partial charge on any atom is -0.477 e. The zero-order valence-corrected chi connectivity index (χ0v) is 13.7. The molecule has 0 N–H and O–H groups in total. The number of ether oxygens (including phenoxy) is 2. The molecule has 3 rings (SSSR count). The van der Waals surface area contributed by atoms with E-state index in [1.54, 1.807) is 24.2 Å². The van der Waals surface area contributed by atoms with Gasteiger partial charge in [0, 0.05) is 18.9 Å². The number of piperidine rings is 1. The highest BCUT2D eigenvalue weighted by Gasteiger charge is 2.28. The van der Waals surface area contributed by atoms with Gasteiger partial charge in [-0.25, -0.2) is 9.97 Å². The molecule has 1 saturated heterocycles. The molecule has 1 amide bonds. The maximum atomic E-state index is 12.6. The van der Waals surface area contributed by atoms with Crippen LogP contribution in [0.5, 0.6) is 11.8 Å². The molecule has 1 atom stereocenters. The van der Waals surface area contributed by atoms with Gasteiger partial charge in [0.1, 0.15) is 11.0 Å². The van der Waals surface area contributed by atoms with Crippen molar-refractivity contribution in [3.8, 4) is 11.8 Å². The number of aryl methyl sites for hydroxylation is 1. The quantitative estimate of drug-likeness (QED) is 0.832. The second-order valence-corrected chi connectivity index (χ2v) is 5.95. The van der Waals surface area contributed by atoms with Crippen molar-refractivity contribution < 1.29 is 14.3 Å². The van der Waals surface area contributed by atoms with Gasteiger partial charge in [-0.05, 0) is 31.3 Å². The number of rotatable bonds is 4. The van der Waals surface area contributed by atoms with E-state index in [9.17, 15) is 4.79 Å². The van der Waals surface area contributed by atoms with Gasteiger partial charge in [0.15, 0.2) is 0 Å². The van der Waals surface area contributed by atoms with E-state index in [2.05, 4.69) is 19.6 Å². The van der Waals surface area contributed by atoms with Crippen LogP contribution in [0.15, 0.2) is 12.4 Å². The summed E-state index contributed by atoms with van der Waals surface area (Å²) in [6.07, 6.45) is 4.67. The van der Waals surface area contributed by atoms with Gasteiger partial charge in [-0.3, -0.25) is 4.79 Å². The summed E-state index contributed by atoms with van der Waals surface area (Å²) >= 11 is 1.13. The molecule has 2 aromatic heterocycles. The smallest absolute Gasteiger partial charge is 0.278 e. The number of likely N-dealkylation sites (tertiary alicyclic amines) is 1. The van der Waals surface area contributed by atoms with Crippen molar-refractivity contribution in [2.45, 2.75) is 25.9 Å². The Labute approximate surface area is 137 Å². The van der Waals surface area contributed by atoms with Gasteiger partial charge in [0.2, 0.25) is 0 Å². The third-order valence-electron chi connectivity index (χ3n) is 3.62. The van der Waals surface area contributed by atoms with Crippen LogP contribution in [0.4, 0.5) is 0 Å². The second kappa shape index (κ2) is 6.86. The highest BCUT2D eigenvalue weighted by atomic mass is 32.1. The van der Waals surface area contributed by atoms with E-state index in [0.717, 1.165) is 24.4 Å². The predicted octanol–water partition coefficient (Wildman–Crippen LogP) is 1.33. The first kappa shape index (κ1) is 15.6. The maximum Gasteiger partial charge on any atom is 0.278 e. The molecule has 1 aliphatic heterocycles. The van der Waals surface area contributed by atoms with E-state index in [-0.39, 0.29) is 12.0 Å². The van der Waals surface area contributed by atoms with Crippen molar-refractivity contribution in [2.24, 2.45) is 0 Å². The molecule has 0 radical (unpaired) electrons. The fourth-order valence-electron chi connectivity index (χ4n) is 2.48. The Kier molecular flexibility index (Phi) is 4.65. The summed E-state index contributed by atoms with van der Waals surface area (Å²) in [6.45, 7) is 2.99. The summed E-state index contributed by atoms with van der Waals surface area (Å²) in [6, 6.07) is 0. The molecular formula is C14H17N5O3S. The van der Waals surface area contributed by atoms with Crippen LogP contribution in [-0.2, 0) is 0 Å². The van der Waals surface area contributed by atoms with Crippen LogP contribution in [0.3, 0.4) is 0 Å². The van der Waals surface area contributed by atoms with Gasteiger partial charge < -0.3 is 14.4 Å². The SMILES string of the molecule is COc1nccnc1O[C@@H]1CCCN(C(=O)c2snnc2C)C1. The van der Waals surface area contributed by atoms with Crippen molar-refractivity contribution in [3.63, 3.8) is 0 Å². The van der Waals surface area contributed by atoms with E-state index >= 15 is 0 Å². The minimum atomic E-state index is -0.139. The van der Waals surface area contributed by atoms with Crippen molar-refractivity contribution in [2.75, 3.05) is 20.2 Å². The molecule has 1 fully saturated rings. The van der Waals surface area contributed by atoms with Gasteiger partial charge in [-0.15, -0.1) is 5.10 Å². The number of carbonyl (C=O) groups is 1. The van der Waals surface area contributed by atoms with Crippen LogP contribution in [0.25, 0.3) is 0 Å². The maximum absolute atomic E-state index is 12.6. The molecule has 8 nitrogen and oxygen atoms in total. The molecule has 1 aliphatic rings. The lowest BCUT2D eigenvalue weighted by molar-refractivity contribution is 0.0522. The molecule has 3 heterocycles. The molecule has 2 aromatic rings. The lowest BCUT2D eigenvalue weighted by Gasteiger charge is -2.32. The van der Waals surface area contributed by atoms with Crippen LogP contribution in [0.2, 0.25) is 0 Å². The normalized spacial score (nSPS) is 17.8. The number of carbonyl (C=O) groups excluding carboxylic acids is 1. The Morgan fingerprint density at radius 3 is 2.83 bits per heavy atom. The first-order valence-corrected chi connectivity index (χ1v) is 8.06. The third-order valence-corrected chi connectivity index (χ3v) is 4.43. The van der Waals surface area contributed by atoms with Crippen molar-refractivity contribution in [1.29, 1.82) is 0 Å². The Morgan fingerprint density at radius 1 is 1.35 bits per heavy atom. The molecule has 0 unspecified atom stereocenters.